The zero-order chi connectivity index (χ0) is 10.7. The van der Waals surface area contributed by atoms with Crippen molar-refractivity contribution in [1.82, 2.24) is 0 Å². The molecule has 1 saturated heterocycles. The number of rotatable bonds is 1. The van der Waals surface area contributed by atoms with Gasteiger partial charge in [0.05, 0.1) is 6.10 Å². The zero-order valence-corrected chi connectivity index (χ0v) is 9.39. The minimum atomic E-state index is -0.490. The standard InChI is InChI=1S/C13H16O3/c1-5(14)15-13-4-9-6-3-10(16-13)11-7(6)2-8(9)12(11)13/h6-12H,2-4H2,1H3/t6-,7-,8+,9-,10+,11-,12?,13-/m0/s1. The van der Waals surface area contributed by atoms with Crippen LogP contribution >= 0.6 is 0 Å². The van der Waals surface area contributed by atoms with Crippen molar-refractivity contribution in [2.45, 2.75) is 38.1 Å². The molecule has 1 heterocycles. The summed E-state index contributed by atoms with van der Waals surface area (Å²) >= 11 is 0. The van der Waals surface area contributed by atoms with E-state index in [2.05, 4.69) is 0 Å². The van der Waals surface area contributed by atoms with Crippen LogP contribution in [0.1, 0.15) is 26.2 Å². The Balaban J connectivity index is 1.67. The van der Waals surface area contributed by atoms with E-state index >= 15 is 0 Å². The van der Waals surface area contributed by atoms with E-state index < -0.39 is 5.79 Å². The van der Waals surface area contributed by atoms with Crippen LogP contribution in [0.25, 0.3) is 0 Å². The molecule has 0 spiro atoms. The molecule has 0 aromatic heterocycles. The first-order chi connectivity index (χ1) is 7.70. The van der Waals surface area contributed by atoms with Crippen molar-refractivity contribution in [2.75, 3.05) is 0 Å². The van der Waals surface area contributed by atoms with Crippen molar-refractivity contribution in [1.29, 1.82) is 0 Å². The van der Waals surface area contributed by atoms with Gasteiger partial charge in [0.2, 0.25) is 5.79 Å². The lowest BCUT2D eigenvalue weighted by Gasteiger charge is -2.29. The van der Waals surface area contributed by atoms with E-state index in [9.17, 15) is 4.79 Å². The van der Waals surface area contributed by atoms with Crippen LogP contribution in [0.5, 0.6) is 0 Å². The second-order valence-corrected chi connectivity index (χ2v) is 6.50. The summed E-state index contributed by atoms with van der Waals surface area (Å²) in [7, 11) is 0. The third-order valence-electron chi connectivity index (χ3n) is 6.19. The van der Waals surface area contributed by atoms with Gasteiger partial charge in [-0.1, -0.05) is 0 Å². The molecule has 0 aromatic carbocycles. The number of ether oxygens (including phenoxy) is 2. The van der Waals surface area contributed by atoms with Crippen LogP contribution < -0.4 is 0 Å². The summed E-state index contributed by atoms with van der Waals surface area (Å²) < 4.78 is 11.8. The highest BCUT2D eigenvalue weighted by molar-refractivity contribution is 5.66. The average molecular weight is 220 g/mol. The first kappa shape index (κ1) is 8.51. The van der Waals surface area contributed by atoms with E-state index in [0.29, 0.717) is 12.0 Å². The van der Waals surface area contributed by atoms with Crippen molar-refractivity contribution in [3.8, 4) is 0 Å². The molecule has 5 fully saturated rings. The van der Waals surface area contributed by atoms with Gasteiger partial charge in [-0.15, -0.1) is 0 Å². The minimum Gasteiger partial charge on any atom is -0.433 e. The Kier molecular flexibility index (Phi) is 1.17. The molecule has 4 aliphatic carbocycles. The summed E-state index contributed by atoms with van der Waals surface area (Å²) in [6.07, 6.45) is 4.05. The van der Waals surface area contributed by atoms with Crippen LogP contribution in [0.4, 0.5) is 0 Å². The molecule has 3 nitrogen and oxygen atoms in total. The Hall–Kier alpha value is -0.570. The number of carbonyl (C=O) groups excluding carboxylic acids is 1. The number of hydrogen-bond acceptors (Lipinski definition) is 3. The van der Waals surface area contributed by atoms with E-state index in [1.807, 2.05) is 0 Å². The SMILES string of the molecule is CC(=O)O[C@@]12C[C@H]3[C@H]4C[C@@H](O1)[C@H]1C2[C@@H]3C[C@@H]41. The topological polar surface area (TPSA) is 35.5 Å². The van der Waals surface area contributed by atoms with Crippen molar-refractivity contribution in [2.24, 2.45) is 35.5 Å². The Labute approximate surface area is 94.5 Å². The van der Waals surface area contributed by atoms with E-state index in [4.69, 9.17) is 9.47 Å². The van der Waals surface area contributed by atoms with Crippen molar-refractivity contribution < 1.29 is 14.3 Å². The largest absolute Gasteiger partial charge is 0.433 e. The van der Waals surface area contributed by atoms with Gasteiger partial charge in [0.1, 0.15) is 0 Å². The lowest BCUT2D eigenvalue weighted by atomic mass is 9.79. The second-order valence-electron chi connectivity index (χ2n) is 6.50. The van der Waals surface area contributed by atoms with Gasteiger partial charge in [-0.2, -0.15) is 0 Å². The van der Waals surface area contributed by atoms with Crippen molar-refractivity contribution in [3.63, 3.8) is 0 Å². The fourth-order valence-corrected chi connectivity index (χ4v) is 6.26. The average Bonchev–Trinajstić information content (AvgIpc) is 2.79. The van der Waals surface area contributed by atoms with Crippen LogP contribution in [0.15, 0.2) is 0 Å². The van der Waals surface area contributed by atoms with Gasteiger partial charge >= 0.3 is 5.97 Å². The summed E-state index contributed by atoms with van der Waals surface area (Å²) in [6.45, 7) is 1.52. The molecule has 5 rings (SSSR count). The molecule has 0 amide bonds. The van der Waals surface area contributed by atoms with E-state index in [-0.39, 0.29) is 5.97 Å². The molecule has 5 aliphatic rings. The first-order valence-corrected chi connectivity index (χ1v) is 6.57. The molecule has 1 aliphatic heterocycles. The van der Waals surface area contributed by atoms with Crippen LogP contribution in [-0.2, 0) is 14.3 Å². The third kappa shape index (κ3) is 0.652. The van der Waals surface area contributed by atoms with Gasteiger partial charge in [-0.25, -0.2) is 0 Å². The summed E-state index contributed by atoms with van der Waals surface area (Å²) in [6, 6.07) is 0. The second kappa shape index (κ2) is 2.20. The van der Waals surface area contributed by atoms with E-state index in [1.165, 1.54) is 19.8 Å². The lowest BCUT2D eigenvalue weighted by molar-refractivity contribution is -0.230. The summed E-state index contributed by atoms with van der Waals surface area (Å²) in [5.41, 5.74) is 0. The molecular formula is C13H16O3. The quantitative estimate of drug-likeness (QED) is 0.629. The fourth-order valence-electron chi connectivity index (χ4n) is 6.26. The number of hydrogen-bond donors (Lipinski definition) is 0. The Morgan fingerprint density at radius 1 is 1.25 bits per heavy atom. The molecule has 0 aromatic rings. The molecular weight excluding hydrogens is 204 g/mol. The number of fused-ring (bicyclic) bond motifs is 1. The molecule has 1 unspecified atom stereocenters. The number of carbonyl (C=O) groups is 1. The van der Waals surface area contributed by atoms with Crippen LogP contribution in [0.2, 0.25) is 0 Å². The van der Waals surface area contributed by atoms with Crippen LogP contribution in [0.3, 0.4) is 0 Å². The summed E-state index contributed by atoms with van der Waals surface area (Å²) in [5, 5.41) is 0. The molecule has 0 N–H and O–H groups in total. The van der Waals surface area contributed by atoms with E-state index in [1.54, 1.807) is 0 Å². The van der Waals surface area contributed by atoms with Gasteiger partial charge in [0.15, 0.2) is 0 Å². The van der Waals surface area contributed by atoms with Gasteiger partial charge in [0.25, 0.3) is 0 Å². The predicted octanol–water partition coefficient (Wildman–Crippen LogP) is 1.57. The highest BCUT2D eigenvalue weighted by Crippen LogP contribution is 2.78. The van der Waals surface area contributed by atoms with Crippen LogP contribution in [-0.4, -0.2) is 17.9 Å². The molecule has 8 atom stereocenters. The first-order valence-electron chi connectivity index (χ1n) is 6.57. The molecule has 86 valence electrons. The third-order valence-corrected chi connectivity index (χ3v) is 6.19. The smallest absolute Gasteiger partial charge is 0.305 e. The van der Waals surface area contributed by atoms with Crippen LogP contribution in [0, 0.1) is 35.5 Å². The Morgan fingerprint density at radius 3 is 2.94 bits per heavy atom. The molecule has 2 bridgehead atoms. The Bertz CT molecular complexity index is 406. The maximum Gasteiger partial charge on any atom is 0.305 e. The monoisotopic (exact) mass is 220 g/mol. The normalized spacial score (nSPS) is 67.2. The van der Waals surface area contributed by atoms with Crippen molar-refractivity contribution in [3.05, 3.63) is 0 Å². The van der Waals surface area contributed by atoms with Gasteiger partial charge in [0, 0.05) is 19.3 Å². The maximum atomic E-state index is 11.3. The molecule has 0 radical (unpaired) electrons. The zero-order valence-electron chi connectivity index (χ0n) is 9.39. The van der Waals surface area contributed by atoms with Crippen molar-refractivity contribution >= 4 is 5.97 Å². The maximum absolute atomic E-state index is 11.3. The van der Waals surface area contributed by atoms with Gasteiger partial charge in [-0.3, -0.25) is 4.79 Å². The molecule has 16 heavy (non-hydrogen) atoms. The summed E-state index contributed by atoms with van der Waals surface area (Å²) in [5.74, 6) is 4.05. The summed E-state index contributed by atoms with van der Waals surface area (Å²) in [4.78, 5) is 11.3. The Morgan fingerprint density at radius 2 is 2.12 bits per heavy atom. The highest BCUT2D eigenvalue weighted by atomic mass is 16.7. The fraction of sp³-hybridized carbons (Fsp3) is 0.923. The number of esters is 1. The van der Waals surface area contributed by atoms with Gasteiger partial charge in [-0.05, 0) is 42.4 Å². The highest BCUT2D eigenvalue weighted by Gasteiger charge is 2.80. The van der Waals surface area contributed by atoms with Gasteiger partial charge < -0.3 is 9.47 Å². The molecule has 3 heteroatoms. The lowest BCUT2D eigenvalue weighted by Crippen LogP contribution is -2.38. The minimum absolute atomic E-state index is 0.164. The predicted molar refractivity (Wildman–Crippen MR) is 54.2 cm³/mol. The molecule has 4 saturated carbocycles. The van der Waals surface area contributed by atoms with E-state index in [0.717, 1.165) is 36.0 Å².